The first-order valence-electron chi connectivity index (χ1n) is 11.0. The van der Waals surface area contributed by atoms with Crippen molar-refractivity contribution in [3.63, 3.8) is 0 Å². The summed E-state index contributed by atoms with van der Waals surface area (Å²) in [5, 5.41) is 2.69. The van der Waals surface area contributed by atoms with Gasteiger partial charge in [0.15, 0.2) is 6.61 Å². The molecule has 32 heavy (non-hydrogen) atoms. The molecule has 0 bridgehead atoms. The number of amides is 1. The van der Waals surface area contributed by atoms with Gasteiger partial charge in [-0.25, -0.2) is 8.42 Å². The molecule has 8 heteroatoms. The van der Waals surface area contributed by atoms with Crippen molar-refractivity contribution in [2.75, 3.05) is 25.0 Å². The molecule has 0 saturated carbocycles. The van der Waals surface area contributed by atoms with Gasteiger partial charge in [0.2, 0.25) is 10.0 Å². The molecule has 2 aromatic rings. The lowest BCUT2D eigenvalue weighted by Gasteiger charge is -2.25. The first-order chi connectivity index (χ1) is 15.4. The zero-order chi connectivity index (χ0) is 23.0. The number of hydrogen-bond donors (Lipinski definition) is 1. The van der Waals surface area contributed by atoms with Crippen molar-refractivity contribution in [3.8, 4) is 0 Å². The van der Waals surface area contributed by atoms with E-state index in [9.17, 15) is 18.0 Å². The number of hydrogen-bond acceptors (Lipinski definition) is 5. The molecule has 0 atom stereocenters. The van der Waals surface area contributed by atoms with Gasteiger partial charge in [0.25, 0.3) is 5.91 Å². The molecule has 0 aliphatic carbocycles. The van der Waals surface area contributed by atoms with Crippen LogP contribution in [-0.4, -0.2) is 44.3 Å². The van der Waals surface area contributed by atoms with E-state index < -0.39 is 21.9 Å². The van der Waals surface area contributed by atoms with E-state index in [-0.39, 0.29) is 17.9 Å². The van der Waals surface area contributed by atoms with Crippen molar-refractivity contribution in [1.29, 1.82) is 0 Å². The number of piperidine rings is 1. The van der Waals surface area contributed by atoms with Gasteiger partial charge in [0.05, 0.1) is 4.90 Å². The van der Waals surface area contributed by atoms with Crippen molar-refractivity contribution >= 4 is 27.6 Å². The molecule has 1 saturated heterocycles. The van der Waals surface area contributed by atoms with Gasteiger partial charge in [-0.1, -0.05) is 37.6 Å². The van der Waals surface area contributed by atoms with Crippen LogP contribution in [0, 0.1) is 0 Å². The lowest BCUT2D eigenvalue weighted by molar-refractivity contribution is -0.147. The number of ether oxygens (including phenoxy) is 1. The van der Waals surface area contributed by atoms with E-state index in [1.807, 2.05) is 24.3 Å². The van der Waals surface area contributed by atoms with Crippen molar-refractivity contribution < 1.29 is 22.7 Å². The number of esters is 1. The third-order valence-corrected chi connectivity index (χ3v) is 7.42. The number of nitrogens with zero attached hydrogens (tertiary/aromatic N) is 1. The van der Waals surface area contributed by atoms with E-state index in [0.29, 0.717) is 25.2 Å². The van der Waals surface area contributed by atoms with E-state index in [4.69, 9.17) is 4.74 Å². The highest BCUT2D eigenvalue weighted by Gasteiger charge is 2.25. The monoisotopic (exact) mass is 458 g/mol. The Hall–Kier alpha value is -2.71. The summed E-state index contributed by atoms with van der Waals surface area (Å²) in [4.78, 5) is 24.2. The molecule has 0 spiro atoms. The van der Waals surface area contributed by atoms with Crippen LogP contribution in [0.1, 0.15) is 43.7 Å². The normalized spacial score (nSPS) is 14.7. The maximum Gasteiger partial charge on any atom is 0.306 e. The van der Waals surface area contributed by atoms with E-state index in [1.165, 1.54) is 9.87 Å². The molecule has 0 aromatic heterocycles. The van der Waals surface area contributed by atoms with Crippen LogP contribution in [0.3, 0.4) is 0 Å². The minimum Gasteiger partial charge on any atom is -0.456 e. The molecule has 1 aliphatic rings. The predicted molar refractivity (Wildman–Crippen MR) is 123 cm³/mol. The van der Waals surface area contributed by atoms with Gasteiger partial charge < -0.3 is 10.1 Å². The van der Waals surface area contributed by atoms with Crippen molar-refractivity contribution in [1.82, 2.24) is 4.31 Å². The molecule has 1 heterocycles. The number of aryl methyl sites for hydroxylation is 2. The Morgan fingerprint density at radius 3 is 2.19 bits per heavy atom. The maximum atomic E-state index is 12.7. The Bertz CT molecular complexity index is 1010. The second kappa shape index (κ2) is 11.2. The quantitative estimate of drug-likeness (QED) is 0.580. The standard InChI is InChI=1S/C24H30N2O5S/c1-2-19-6-11-21(12-7-19)25-23(27)18-31-24(28)15-10-20-8-13-22(14-9-20)32(29,30)26-16-4-3-5-17-26/h6-9,11-14H,2-5,10,15-18H2,1H3,(H,25,27). The molecule has 0 radical (unpaired) electrons. The highest BCUT2D eigenvalue weighted by molar-refractivity contribution is 7.89. The fourth-order valence-electron chi connectivity index (χ4n) is 3.57. The number of rotatable bonds is 9. The van der Waals surface area contributed by atoms with E-state index in [1.54, 1.807) is 24.3 Å². The van der Waals surface area contributed by atoms with Gasteiger partial charge >= 0.3 is 5.97 Å². The van der Waals surface area contributed by atoms with Crippen LogP contribution in [0.15, 0.2) is 53.4 Å². The van der Waals surface area contributed by atoms with E-state index in [2.05, 4.69) is 12.2 Å². The molecule has 7 nitrogen and oxygen atoms in total. The fraction of sp³-hybridized carbons (Fsp3) is 0.417. The molecular formula is C24H30N2O5S. The van der Waals surface area contributed by atoms with E-state index in [0.717, 1.165) is 31.2 Å². The van der Waals surface area contributed by atoms with Gasteiger partial charge in [0.1, 0.15) is 0 Å². The summed E-state index contributed by atoms with van der Waals surface area (Å²) in [6.07, 6.45) is 4.28. The van der Waals surface area contributed by atoms with Crippen LogP contribution in [0.25, 0.3) is 0 Å². The Labute approximate surface area is 189 Å². The second-order valence-corrected chi connectivity index (χ2v) is 9.81. The first kappa shape index (κ1) is 23.9. The second-order valence-electron chi connectivity index (χ2n) is 7.87. The van der Waals surface area contributed by atoms with Crippen LogP contribution in [0.2, 0.25) is 0 Å². The minimum atomic E-state index is -3.46. The lowest BCUT2D eigenvalue weighted by Crippen LogP contribution is -2.35. The number of benzene rings is 2. The number of carbonyl (C=O) groups is 2. The zero-order valence-electron chi connectivity index (χ0n) is 18.4. The van der Waals surface area contributed by atoms with Gasteiger partial charge in [-0.15, -0.1) is 0 Å². The SMILES string of the molecule is CCc1ccc(NC(=O)COC(=O)CCc2ccc(S(=O)(=O)N3CCCCC3)cc2)cc1. The van der Waals surface area contributed by atoms with Gasteiger partial charge in [-0.2, -0.15) is 4.31 Å². The number of sulfonamides is 1. The minimum absolute atomic E-state index is 0.108. The Morgan fingerprint density at radius 2 is 1.56 bits per heavy atom. The molecule has 0 unspecified atom stereocenters. The largest absolute Gasteiger partial charge is 0.456 e. The summed E-state index contributed by atoms with van der Waals surface area (Å²) in [6.45, 7) is 2.83. The van der Waals surface area contributed by atoms with Crippen molar-refractivity contribution in [3.05, 3.63) is 59.7 Å². The van der Waals surface area contributed by atoms with Crippen LogP contribution in [0.5, 0.6) is 0 Å². The van der Waals surface area contributed by atoms with Crippen LogP contribution < -0.4 is 5.32 Å². The third kappa shape index (κ3) is 6.64. The van der Waals surface area contributed by atoms with E-state index >= 15 is 0 Å². The molecule has 3 rings (SSSR count). The third-order valence-electron chi connectivity index (χ3n) is 5.50. The Morgan fingerprint density at radius 1 is 0.938 bits per heavy atom. The van der Waals surface area contributed by atoms with Gasteiger partial charge in [0, 0.05) is 25.2 Å². The summed E-state index contributed by atoms with van der Waals surface area (Å²) in [6, 6.07) is 14.1. The number of nitrogens with one attached hydrogen (secondary N) is 1. The molecule has 2 aromatic carbocycles. The van der Waals surface area contributed by atoms with Gasteiger partial charge in [-0.05, 0) is 61.1 Å². The smallest absolute Gasteiger partial charge is 0.306 e. The van der Waals surface area contributed by atoms with Crippen molar-refractivity contribution in [2.24, 2.45) is 0 Å². The Kier molecular flexibility index (Phi) is 8.41. The summed E-state index contributed by atoms with van der Waals surface area (Å²) in [5.41, 5.74) is 2.66. The summed E-state index contributed by atoms with van der Waals surface area (Å²) in [5.74, 6) is -0.874. The molecule has 1 N–H and O–H groups in total. The summed E-state index contributed by atoms with van der Waals surface area (Å²) in [7, 11) is -3.46. The molecule has 172 valence electrons. The summed E-state index contributed by atoms with van der Waals surface area (Å²) >= 11 is 0. The molecule has 1 fully saturated rings. The highest BCUT2D eigenvalue weighted by atomic mass is 32.2. The average Bonchev–Trinajstić information content (AvgIpc) is 2.82. The molecule has 1 amide bonds. The van der Waals surface area contributed by atoms with Crippen LogP contribution >= 0.6 is 0 Å². The topological polar surface area (TPSA) is 92.8 Å². The number of carbonyl (C=O) groups excluding carboxylic acids is 2. The first-order valence-corrected chi connectivity index (χ1v) is 12.5. The molecular weight excluding hydrogens is 428 g/mol. The Balaban J connectivity index is 1.42. The summed E-state index contributed by atoms with van der Waals surface area (Å²) < 4.78 is 32.0. The number of anilines is 1. The average molecular weight is 459 g/mol. The van der Waals surface area contributed by atoms with Crippen molar-refractivity contribution in [2.45, 2.75) is 50.3 Å². The zero-order valence-corrected chi connectivity index (χ0v) is 19.2. The molecule has 1 aliphatic heterocycles. The van der Waals surface area contributed by atoms with Crippen LogP contribution in [-0.2, 0) is 37.2 Å². The fourth-order valence-corrected chi connectivity index (χ4v) is 5.08. The predicted octanol–water partition coefficient (Wildman–Crippen LogP) is 3.54. The van der Waals surface area contributed by atoms with Gasteiger partial charge in [-0.3, -0.25) is 9.59 Å². The van der Waals surface area contributed by atoms with Crippen LogP contribution in [0.4, 0.5) is 5.69 Å². The highest BCUT2D eigenvalue weighted by Crippen LogP contribution is 2.21. The lowest BCUT2D eigenvalue weighted by atomic mass is 10.1. The maximum absolute atomic E-state index is 12.7.